The number of aliphatic hydroxyl groups is 1. The zero-order valence-electron chi connectivity index (χ0n) is 7.15. The summed E-state index contributed by atoms with van der Waals surface area (Å²) >= 11 is 0. The minimum absolute atomic E-state index is 0.0625. The molecule has 0 amide bonds. The van der Waals surface area contributed by atoms with Gasteiger partial charge in [-0.15, -0.1) is 0 Å². The number of rotatable bonds is 3. The number of nitrogens with one attached hydrogen (secondary N) is 1. The molecule has 2 N–H and O–H groups in total. The Morgan fingerprint density at radius 3 is 2.77 bits per heavy atom. The number of nitro groups is 1. The van der Waals surface area contributed by atoms with E-state index in [2.05, 4.69) is 5.32 Å². The summed E-state index contributed by atoms with van der Waals surface area (Å²) < 4.78 is 0. The van der Waals surface area contributed by atoms with E-state index in [0.29, 0.717) is 11.3 Å². The van der Waals surface area contributed by atoms with Gasteiger partial charge in [0.05, 0.1) is 17.1 Å². The lowest BCUT2D eigenvalue weighted by atomic mass is 10.1. The highest BCUT2D eigenvalue weighted by Crippen LogP contribution is 2.27. The molecule has 1 aromatic carbocycles. The highest BCUT2D eigenvalue weighted by atomic mass is 16.6. The van der Waals surface area contributed by atoms with Crippen LogP contribution in [-0.2, 0) is 6.61 Å². The van der Waals surface area contributed by atoms with E-state index in [-0.39, 0.29) is 12.3 Å². The van der Waals surface area contributed by atoms with Crippen molar-refractivity contribution in [1.82, 2.24) is 0 Å². The SMILES string of the molecule is CNc1cccc(CO)c1[N+](=O)[O-]. The normalized spacial score (nSPS) is 9.69. The van der Waals surface area contributed by atoms with Gasteiger partial charge in [-0.1, -0.05) is 6.07 Å². The molecule has 0 fully saturated rings. The van der Waals surface area contributed by atoms with Crippen molar-refractivity contribution < 1.29 is 10.0 Å². The Hall–Kier alpha value is -1.62. The molecule has 5 nitrogen and oxygen atoms in total. The number of hydrogen-bond donors (Lipinski definition) is 2. The minimum Gasteiger partial charge on any atom is -0.391 e. The second kappa shape index (κ2) is 3.86. The molecule has 0 saturated heterocycles. The molecule has 1 aromatic rings. The van der Waals surface area contributed by atoms with Crippen LogP contribution < -0.4 is 5.32 Å². The fourth-order valence-corrected chi connectivity index (χ4v) is 1.14. The average Bonchev–Trinajstić information content (AvgIpc) is 2.16. The lowest BCUT2D eigenvalue weighted by molar-refractivity contribution is -0.384. The van der Waals surface area contributed by atoms with Crippen molar-refractivity contribution in [2.45, 2.75) is 6.61 Å². The summed E-state index contributed by atoms with van der Waals surface area (Å²) in [5.74, 6) is 0. The molecule has 13 heavy (non-hydrogen) atoms. The Morgan fingerprint density at radius 1 is 1.62 bits per heavy atom. The Kier molecular flexibility index (Phi) is 2.81. The third-order valence-corrected chi connectivity index (χ3v) is 1.74. The molecule has 0 bridgehead atoms. The predicted molar refractivity (Wildman–Crippen MR) is 48.6 cm³/mol. The fourth-order valence-electron chi connectivity index (χ4n) is 1.14. The van der Waals surface area contributed by atoms with E-state index in [0.717, 1.165) is 0 Å². The number of benzene rings is 1. The van der Waals surface area contributed by atoms with Gasteiger partial charge in [0, 0.05) is 7.05 Å². The zero-order chi connectivity index (χ0) is 9.84. The van der Waals surface area contributed by atoms with Gasteiger partial charge >= 0.3 is 0 Å². The number of nitrogens with zero attached hydrogens (tertiary/aromatic N) is 1. The lowest BCUT2D eigenvalue weighted by Gasteiger charge is -2.04. The molecule has 0 aliphatic carbocycles. The molecule has 0 unspecified atom stereocenters. The molecule has 1 rings (SSSR count). The summed E-state index contributed by atoms with van der Waals surface area (Å²) in [4.78, 5) is 10.1. The van der Waals surface area contributed by atoms with Gasteiger partial charge in [-0.2, -0.15) is 0 Å². The Bertz CT molecular complexity index is 303. The molecular formula is C8H10N2O3. The molecule has 0 aliphatic rings. The number of anilines is 1. The second-order valence-corrected chi connectivity index (χ2v) is 2.48. The smallest absolute Gasteiger partial charge is 0.297 e. The molecule has 0 spiro atoms. The standard InChI is InChI=1S/C8H10N2O3/c1-9-7-4-2-3-6(5-11)8(7)10(12)13/h2-4,9,11H,5H2,1H3. The largest absolute Gasteiger partial charge is 0.391 e. The van der Waals surface area contributed by atoms with Crippen LogP contribution in [0, 0.1) is 10.1 Å². The molecule has 0 saturated carbocycles. The van der Waals surface area contributed by atoms with Gasteiger partial charge in [-0.3, -0.25) is 10.1 Å². The van der Waals surface area contributed by atoms with Gasteiger partial charge in [-0.05, 0) is 12.1 Å². The van der Waals surface area contributed by atoms with E-state index in [1.54, 1.807) is 19.2 Å². The molecule has 0 aliphatic heterocycles. The summed E-state index contributed by atoms with van der Waals surface area (Å²) in [5.41, 5.74) is 0.668. The molecule has 0 radical (unpaired) electrons. The fraction of sp³-hybridized carbons (Fsp3) is 0.250. The van der Waals surface area contributed by atoms with E-state index >= 15 is 0 Å². The summed E-state index contributed by atoms with van der Waals surface area (Å²) in [6.07, 6.45) is 0. The molecule has 5 heteroatoms. The van der Waals surface area contributed by atoms with Gasteiger partial charge in [-0.25, -0.2) is 0 Å². The van der Waals surface area contributed by atoms with Crippen molar-refractivity contribution >= 4 is 11.4 Å². The van der Waals surface area contributed by atoms with Crippen LogP contribution in [-0.4, -0.2) is 17.1 Å². The number of nitro benzene ring substituents is 1. The zero-order valence-corrected chi connectivity index (χ0v) is 7.15. The van der Waals surface area contributed by atoms with Crippen LogP contribution in [0.4, 0.5) is 11.4 Å². The molecule has 70 valence electrons. The number of aliphatic hydroxyl groups excluding tert-OH is 1. The van der Waals surface area contributed by atoms with Gasteiger partial charge in [0.15, 0.2) is 0 Å². The maximum atomic E-state index is 10.6. The van der Waals surface area contributed by atoms with Gasteiger partial charge < -0.3 is 10.4 Å². The van der Waals surface area contributed by atoms with E-state index in [1.807, 2.05) is 0 Å². The third-order valence-electron chi connectivity index (χ3n) is 1.74. The Labute approximate surface area is 75.2 Å². The summed E-state index contributed by atoms with van der Waals surface area (Å²) in [6, 6.07) is 4.78. The first kappa shape index (κ1) is 9.47. The molecule has 0 aromatic heterocycles. The number of hydrogen-bond acceptors (Lipinski definition) is 4. The first-order valence-corrected chi connectivity index (χ1v) is 3.75. The van der Waals surface area contributed by atoms with Crippen LogP contribution >= 0.6 is 0 Å². The Morgan fingerprint density at radius 2 is 2.31 bits per heavy atom. The monoisotopic (exact) mass is 182 g/mol. The molecule has 0 atom stereocenters. The van der Waals surface area contributed by atoms with Crippen LogP contribution in [0.1, 0.15) is 5.56 Å². The van der Waals surface area contributed by atoms with E-state index in [1.165, 1.54) is 6.07 Å². The highest BCUT2D eigenvalue weighted by Gasteiger charge is 2.17. The topological polar surface area (TPSA) is 75.4 Å². The van der Waals surface area contributed by atoms with Gasteiger partial charge in [0.2, 0.25) is 0 Å². The predicted octanol–water partition coefficient (Wildman–Crippen LogP) is 1.13. The highest BCUT2D eigenvalue weighted by molar-refractivity contribution is 5.64. The minimum atomic E-state index is -0.503. The van der Waals surface area contributed by atoms with Crippen molar-refractivity contribution in [2.24, 2.45) is 0 Å². The summed E-state index contributed by atoms with van der Waals surface area (Å²) in [6.45, 7) is -0.328. The molecule has 0 heterocycles. The van der Waals surface area contributed by atoms with Crippen molar-refractivity contribution in [2.75, 3.05) is 12.4 Å². The third kappa shape index (κ3) is 1.75. The van der Waals surface area contributed by atoms with Crippen molar-refractivity contribution in [1.29, 1.82) is 0 Å². The quantitative estimate of drug-likeness (QED) is 0.542. The average molecular weight is 182 g/mol. The molecular weight excluding hydrogens is 172 g/mol. The maximum Gasteiger partial charge on any atom is 0.297 e. The van der Waals surface area contributed by atoms with E-state index in [9.17, 15) is 10.1 Å². The van der Waals surface area contributed by atoms with Crippen molar-refractivity contribution in [3.63, 3.8) is 0 Å². The maximum absolute atomic E-state index is 10.6. The van der Waals surface area contributed by atoms with Crippen molar-refractivity contribution in [3.05, 3.63) is 33.9 Å². The van der Waals surface area contributed by atoms with Gasteiger partial charge in [0.25, 0.3) is 5.69 Å². The Balaban J connectivity index is 3.29. The van der Waals surface area contributed by atoms with Crippen LogP contribution in [0.15, 0.2) is 18.2 Å². The number of para-hydroxylation sites is 1. The van der Waals surface area contributed by atoms with E-state index in [4.69, 9.17) is 5.11 Å². The van der Waals surface area contributed by atoms with Crippen LogP contribution in [0.25, 0.3) is 0 Å². The van der Waals surface area contributed by atoms with E-state index < -0.39 is 4.92 Å². The van der Waals surface area contributed by atoms with Crippen LogP contribution in [0.2, 0.25) is 0 Å². The second-order valence-electron chi connectivity index (χ2n) is 2.48. The first-order chi connectivity index (χ1) is 6.20. The van der Waals surface area contributed by atoms with Crippen molar-refractivity contribution in [3.8, 4) is 0 Å². The summed E-state index contributed by atoms with van der Waals surface area (Å²) in [7, 11) is 1.60. The first-order valence-electron chi connectivity index (χ1n) is 3.75. The summed E-state index contributed by atoms with van der Waals surface area (Å²) in [5, 5.41) is 22.2. The van der Waals surface area contributed by atoms with Crippen LogP contribution in [0.3, 0.4) is 0 Å². The van der Waals surface area contributed by atoms with Crippen LogP contribution in [0.5, 0.6) is 0 Å². The van der Waals surface area contributed by atoms with Gasteiger partial charge in [0.1, 0.15) is 5.69 Å². The lowest BCUT2D eigenvalue weighted by Crippen LogP contribution is -2.00.